The normalized spacial score (nSPS) is 14.4. The maximum atomic E-state index is 14.7. The molecule has 0 spiro atoms. The summed E-state index contributed by atoms with van der Waals surface area (Å²) in [5, 5.41) is 32.8. The summed E-state index contributed by atoms with van der Waals surface area (Å²) in [6.45, 7) is 6.72. The minimum absolute atomic E-state index is 0.0992. The molecule has 15 nitrogen and oxygen atoms in total. The van der Waals surface area contributed by atoms with Gasteiger partial charge in [-0.2, -0.15) is 4.98 Å². The number of esters is 1. The van der Waals surface area contributed by atoms with Gasteiger partial charge in [-0.15, -0.1) is 13.2 Å². The molecule has 2 heterocycles. The number of carboxylic acid groups (broad SMARTS) is 2. The molecule has 0 bridgehead atoms. The van der Waals surface area contributed by atoms with Gasteiger partial charge >= 0.3 is 24.3 Å². The van der Waals surface area contributed by atoms with Crippen molar-refractivity contribution < 1.29 is 71.0 Å². The van der Waals surface area contributed by atoms with E-state index in [1.165, 1.54) is 30.3 Å². The molecule has 6 rings (SSSR count). The molecule has 1 aromatic heterocycles. The van der Waals surface area contributed by atoms with Crippen molar-refractivity contribution in [3.8, 4) is 16.9 Å². The van der Waals surface area contributed by atoms with Crippen LogP contribution in [0.4, 0.5) is 22.0 Å². The fraction of sp³-hybridized carbons (Fsp3) is 0.362. The highest BCUT2D eigenvalue weighted by Gasteiger charge is 2.40. The number of carbonyl (C=O) groups is 4. The summed E-state index contributed by atoms with van der Waals surface area (Å²) in [4.78, 5) is 68.4. The number of hydrogen-bond donors (Lipinski definition) is 4. The van der Waals surface area contributed by atoms with E-state index in [4.69, 9.17) is 25.2 Å². The Balaban J connectivity index is 0.000000752. The molecule has 0 saturated carbocycles. The van der Waals surface area contributed by atoms with E-state index in [1.807, 2.05) is 38.1 Å². The van der Waals surface area contributed by atoms with Crippen LogP contribution in [-0.4, -0.2) is 113 Å². The Kier molecular flexibility index (Phi) is 16.9. The zero-order valence-electron chi connectivity index (χ0n) is 36.6. The molecule has 1 saturated heterocycles. The quantitative estimate of drug-likeness (QED) is 0.0689. The molecule has 1 amide bonds. The van der Waals surface area contributed by atoms with Crippen LogP contribution in [0.2, 0.25) is 0 Å². The SMILES string of the molecule is CCOC(=O)C(C)(C)N1CCC(N(Cc2ccc(-c3ccc(OC(F)(F)F)cc3)cc2)C(=O)Cn2c(CCc3ccc(F)cc3F)nc(=O)c3ccccc32)CC1.O=C(O)C(O)C(O)C(=O)O. The number of alkyl halides is 3. The highest BCUT2D eigenvalue weighted by atomic mass is 19.4. The van der Waals surface area contributed by atoms with E-state index in [2.05, 4.69) is 14.6 Å². The largest absolute Gasteiger partial charge is 0.573 e. The van der Waals surface area contributed by atoms with Crippen molar-refractivity contribution in [3.63, 3.8) is 0 Å². The van der Waals surface area contributed by atoms with E-state index < -0.39 is 53.2 Å². The van der Waals surface area contributed by atoms with Gasteiger partial charge in [-0.25, -0.2) is 18.4 Å². The molecule has 358 valence electrons. The van der Waals surface area contributed by atoms with Gasteiger partial charge in [0.05, 0.1) is 17.5 Å². The number of carboxylic acids is 2. The number of nitrogens with zero attached hydrogens (tertiary/aromatic N) is 4. The summed E-state index contributed by atoms with van der Waals surface area (Å²) in [5.41, 5.74) is 1.59. The predicted octanol–water partition coefficient (Wildman–Crippen LogP) is 5.74. The number of aryl methyl sites for hydroxylation is 2. The first-order chi connectivity index (χ1) is 31.6. The van der Waals surface area contributed by atoms with Crippen molar-refractivity contribution in [3.05, 3.63) is 130 Å². The van der Waals surface area contributed by atoms with E-state index in [-0.39, 0.29) is 67.6 Å². The molecule has 2 atom stereocenters. The van der Waals surface area contributed by atoms with Gasteiger partial charge in [0.1, 0.15) is 35.3 Å². The Labute approximate surface area is 380 Å². The second-order valence-corrected chi connectivity index (χ2v) is 16.0. The predicted molar refractivity (Wildman–Crippen MR) is 231 cm³/mol. The van der Waals surface area contributed by atoms with Gasteiger partial charge in [-0.1, -0.05) is 54.6 Å². The molecule has 20 heteroatoms. The summed E-state index contributed by atoms with van der Waals surface area (Å²) in [6, 6.07) is 22.8. The monoisotopic (exact) mass is 940 g/mol. The maximum absolute atomic E-state index is 14.7. The zero-order valence-corrected chi connectivity index (χ0v) is 36.6. The molecule has 4 aromatic carbocycles. The Bertz CT molecular complexity index is 2580. The van der Waals surface area contributed by atoms with Gasteiger partial charge in [0.25, 0.3) is 5.56 Å². The lowest BCUT2D eigenvalue weighted by Crippen LogP contribution is -2.56. The number of aliphatic carboxylic acids is 2. The van der Waals surface area contributed by atoms with Gasteiger partial charge in [0.2, 0.25) is 5.91 Å². The minimum Gasteiger partial charge on any atom is -0.479 e. The Morgan fingerprint density at radius 3 is 1.97 bits per heavy atom. The summed E-state index contributed by atoms with van der Waals surface area (Å²) >= 11 is 0. The first-order valence-corrected chi connectivity index (χ1v) is 21.0. The average molecular weight is 941 g/mol. The van der Waals surface area contributed by atoms with Gasteiger partial charge < -0.3 is 39.4 Å². The highest BCUT2D eigenvalue weighted by molar-refractivity contribution is 5.83. The average Bonchev–Trinajstić information content (AvgIpc) is 3.28. The van der Waals surface area contributed by atoms with E-state index >= 15 is 0 Å². The third-order valence-corrected chi connectivity index (χ3v) is 11.2. The number of ether oxygens (including phenoxy) is 2. The van der Waals surface area contributed by atoms with Crippen LogP contribution < -0.4 is 10.3 Å². The van der Waals surface area contributed by atoms with Crippen molar-refractivity contribution in [1.82, 2.24) is 19.4 Å². The van der Waals surface area contributed by atoms with Gasteiger partial charge in [0, 0.05) is 38.2 Å². The topological polar surface area (TPSA) is 209 Å². The van der Waals surface area contributed by atoms with Crippen molar-refractivity contribution in [2.45, 2.75) is 89.7 Å². The number of rotatable bonds is 16. The van der Waals surface area contributed by atoms with Gasteiger partial charge in [-0.05, 0) is 92.6 Å². The number of aromatic nitrogens is 2. The van der Waals surface area contributed by atoms with E-state index in [0.29, 0.717) is 42.4 Å². The minimum atomic E-state index is -4.80. The summed E-state index contributed by atoms with van der Waals surface area (Å²) < 4.78 is 77.3. The number of benzene rings is 4. The van der Waals surface area contributed by atoms with Gasteiger partial charge in [-0.3, -0.25) is 19.3 Å². The number of hydrogen-bond acceptors (Lipinski definition) is 11. The fourth-order valence-corrected chi connectivity index (χ4v) is 7.54. The fourth-order valence-electron chi connectivity index (χ4n) is 7.54. The van der Waals surface area contributed by atoms with Crippen LogP contribution >= 0.6 is 0 Å². The Hall–Kier alpha value is -6.77. The van der Waals surface area contributed by atoms with Crippen LogP contribution in [-0.2, 0) is 49.8 Å². The second-order valence-electron chi connectivity index (χ2n) is 16.0. The molecule has 2 unspecified atom stereocenters. The van der Waals surface area contributed by atoms with Crippen LogP contribution in [0.3, 0.4) is 0 Å². The number of carbonyl (C=O) groups excluding carboxylic acids is 2. The van der Waals surface area contributed by atoms with Crippen molar-refractivity contribution in [1.29, 1.82) is 0 Å². The van der Waals surface area contributed by atoms with Crippen LogP contribution in [0.1, 0.15) is 50.6 Å². The van der Waals surface area contributed by atoms with E-state index in [1.54, 1.807) is 40.7 Å². The Morgan fingerprint density at radius 1 is 0.836 bits per heavy atom. The third kappa shape index (κ3) is 13.4. The number of piperidine rings is 1. The first kappa shape index (κ1) is 51.2. The van der Waals surface area contributed by atoms with Crippen LogP contribution in [0.5, 0.6) is 5.75 Å². The number of fused-ring (bicyclic) bond motifs is 1. The number of para-hydroxylation sites is 1. The molecule has 4 N–H and O–H groups in total. The smallest absolute Gasteiger partial charge is 0.479 e. The van der Waals surface area contributed by atoms with Gasteiger partial charge in [0.15, 0.2) is 12.2 Å². The van der Waals surface area contributed by atoms with E-state index in [0.717, 1.165) is 23.3 Å². The first-order valence-electron chi connectivity index (χ1n) is 21.0. The van der Waals surface area contributed by atoms with Crippen molar-refractivity contribution >= 4 is 34.7 Å². The number of halogens is 5. The molecule has 1 aliphatic heterocycles. The lowest BCUT2D eigenvalue weighted by atomic mass is 9.95. The molecule has 1 aliphatic rings. The van der Waals surface area contributed by atoms with Crippen molar-refractivity contribution in [2.24, 2.45) is 0 Å². The molecular weight excluding hydrogens is 892 g/mol. The van der Waals surface area contributed by atoms with Crippen LogP contribution in [0, 0.1) is 11.6 Å². The van der Waals surface area contributed by atoms with Crippen LogP contribution in [0.15, 0.2) is 95.8 Å². The number of aliphatic hydroxyl groups is 2. The second kappa shape index (κ2) is 22.1. The number of likely N-dealkylation sites (tertiary alicyclic amines) is 1. The lowest BCUT2D eigenvalue weighted by Gasteiger charge is -2.44. The summed E-state index contributed by atoms with van der Waals surface area (Å²) in [6.07, 6.45) is -8.02. The highest BCUT2D eigenvalue weighted by Crippen LogP contribution is 2.29. The zero-order chi connectivity index (χ0) is 49.2. The molecule has 0 radical (unpaired) electrons. The summed E-state index contributed by atoms with van der Waals surface area (Å²) in [7, 11) is 0. The number of amides is 1. The number of aliphatic hydroxyl groups excluding tert-OH is 2. The van der Waals surface area contributed by atoms with E-state index in [9.17, 15) is 45.9 Å². The maximum Gasteiger partial charge on any atom is 0.573 e. The molecule has 1 fully saturated rings. The molecule has 0 aliphatic carbocycles. The van der Waals surface area contributed by atoms with Crippen LogP contribution in [0.25, 0.3) is 22.0 Å². The van der Waals surface area contributed by atoms with Crippen molar-refractivity contribution in [2.75, 3.05) is 19.7 Å². The summed E-state index contributed by atoms with van der Waals surface area (Å²) in [5.74, 6) is -5.60. The lowest BCUT2D eigenvalue weighted by molar-refractivity contribution is -0.274. The molecule has 67 heavy (non-hydrogen) atoms. The third-order valence-electron chi connectivity index (χ3n) is 11.2. The standard InChI is InChI=1S/C43H43F5N4O5.C4H6O6/c1-4-56-41(55)42(2,3)50-23-21-33(22-24-50)51(26-28-9-11-29(12-10-28)30-14-18-34(19-15-30)57-43(46,47)48)39(53)27-52-37-8-6-5-7-35(37)40(54)49-38(52)20-16-31-13-17-32(44)25-36(31)45;5-1(3(7)8)2(6)4(9)10/h5-15,17-19,25,33H,4,16,20-24,26-27H2,1-3H3;1-2,5-6H,(H,7,8)(H,9,10). The Morgan fingerprint density at radius 2 is 1.42 bits per heavy atom. The molecule has 5 aromatic rings. The molecular formula is C47H49F5N4O11.